The molecule has 15 heteroatoms. The van der Waals surface area contributed by atoms with E-state index in [1.807, 2.05) is 0 Å². The minimum absolute atomic E-state index is 0.0732. The van der Waals surface area contributed by atoms with Crippen molar-refractivity contribution >= 4 is 38.2 Å². The third-order valence-electron chi connectivity index (χ3n) is 7.98. The SMILES string of the molecule is Cc1cc(Oc2ccccc2F)ccc1-n1ncc(C(=O)c2cc3cc(OC(F)F)c(NC4CCN(S(C)(=O)=O)CC4)cc3[nH]2)c1N. The van der Waals surface area contributed by atoms with Crippen molar-refractivity contribution in [2.75, 3.05) is 30.4 Å². The Labute approximate surface area is 268 Å². The highest BCUT2D eigenvalue weighted by atomic mass is 32.2. The van der Waals surface area contributed by atoms with E-state index in [0.29, 0.717) is 53.8 Å². The van der Waals surface area contributed by atoms with Crippen molar-refractivity contribution in [3.05, 3.63) is 89.5 Å². The molecule has 11 nitrogen and oxygen atoms in total. The third-order valence-corrected chi connectivity index (χ3v) is 9.28. The second-order valence-corrected chi connectivity index (χ2v) is 13.2. The Kier molecular flexibility index (Phi) is 8.59. The summed E-state index contributed by atoms with van der Waals surface area (Å²) in [7, 11) is -3.32. The van der Waals surface area contributed by atoms with Gasteiger partial charge < -0.3 is 25.5 Å². The van der Waals surface area contributed by atoms with Gasteiger partial charge in [0.2, 0.25) is 15.8 Å². The first kappa shape index (κ1) is 31.9. The minimum atomic E-state index is -3.32. The van der Waals surface area contributed by atoms with Crippen molar-refractivity contribution in [2.24, 2.45) is 0 Å². The van der Waals surface area contributed by atoms with Crippen LogP contribution in [0.2, 0.25) is 0 Å². The highest BCUT2D eigenvalue weighted by Crippen LogP contribution is 2.35. The Hall–Kier alpha value is -5.02. The van der Waals surface area contributed by atoms with E-state index in [4.69, 9.17) is 15.2 Å². The topological polar surface area (TPSA) is 145 Å². The Morgan fingerprint density at radius 2 is 1.83 bits per heavy atom. The molecule has 47 heavy (non-hydrogen) atoms. The molecule has 1 fully saturated rings. The van der Waals surface area contributed by atoms with Crippen LogP contribution in [0.4, 0.5) is 24.7 Å². The molecule has 0 atom stereocenters. The minimum Gasteiger partial charge on any atom is -0.454 e. The van der Waals surface area contributed by atoms with Gasteiger partial charge in [-0.1, -0.05) is 12.1 Å². The standard InChI is InChI=1S/C32H31F3N6O5S/c1-18-13-21(45-28-6-4-3-5-23(28)33)7-8-27(18)41-31(36)22(17-37-41)30(42)26-14-19-15-29(46-32(34)35)25(16-24(19)39-26)38-20-9-11-40(12-10-20)47(2,43)44/h3-8,13-17,20,32,38-39H,9-12,36H2,1-2H3. The highest BCUT2D eigenvalue weighted by Gasteiger charge is 2.26. The number of ketones is 1. The number of benzene rings is 3. The molecule has 3 heterocycles. The molecule has 0 amide bonds. The molecule has 0 radical (unpaired) electrons. The quantitative estimate of drug-likeness (QED) is 0.157. The van der Waals surface area contributed by atoms with Gasteiger partial charge >= 0.3 is 6.61 Å². The number of ether oxygens (including phenoxy) is 2. The summed E-state index contributed by atoms with van der Waals surface area (Å²) in [5, 5.41) is 7.98. The number of para-hydroxylation sites is 1. The molecule has 0 bridgehead atoms. The van der Waals surface area contributed by atoms with Crippen molar-refractivity contribution in [2.45, 2.75) is 32.4 Å². The van der Waals surface area contributed by atoms with Gasteiger partial charge in [0, 0.05) is 30.0 Å². The van der Waals surface area contributed by atoms with E-state index in [2.05, 4.69) is 15.4 Å². The lowest BCUT2D eigenvalue weighted by Crippen LogP contribution is -2.41. The first-order valence-electron chi connectivity index (χ1n) is 14.6. The number of hydrogen-bond acceptors (Lipinski definition) is 8. The zero-order chi connectivity index (χ0) is 33.5. The van der Waals surface area contributed by atoms with E-state index in [1.165, 1.54) is 39.4 Å². The van der Waals surface area contributed by atoms with Crippen LogP contribution in [-0.4, -0.2) is 65.3 Å². The maximum Gasteiger partial charge on any atom is 0.387 e. The fourth-order valence-electron chi connectivity index (χ4n) is 5.59. The summed E-state index contributed by atoms with van der Waals surface area (Å²) in [5.74, 6) is -0.523. The number of nitrogens with one attached hydrogen (secondary N) is 2. The number of halogens is 3. The summed E-state index contributed by atoms with van der Waals surface area (Å²) < 4.78 is 77.7. The summed E-state index contributed by atoms with van der Waals surface area (Å²) in [6, 6.07) is 15.4. The Balaban J connectivity index is 1.24. The Bertz CT molecular complexity index is 2070. The van der Waals surface area contributed by atoms with Gasteiger partial charge in [-0.2, -0.15) is 13.9 Å². The number of nitrogens with two attached hydrogens (primary N) is 1. The summed E-state index contributed by atoms with van der Waals surface area (Å²) in [6.45, 7) is -0.700. The van der Waals surface area contributed by atoms with Crippen molar-refractivity contribution in [3.8, 4) is 22.9 Å². The van der Waals surface area contributed by atoms with Crippen LogP contribution < -0.4 is 20.5 Å². The van der Waals surface area contributed by atoms with Crippen LogP contribution in [0.5, 0.6) is 17.2 Å². The summed E-state index contributed by atoms with van der Waals surface area (Å²) in [5.41, 5.74) is 8.70. The highest BCUT2D eigenvalue weighted by molar-refractivity contribution is 7.88. The number of sulfonamides is 1. The van der Waals surface area contributed by atoms with Gasteiger partial charge in [-0.3, -0.25) is 4.79 Å². The molecule has 0 saturated carbocycles. The number of nitrogens with zero attached hydrogens (tertiary/aromatic N) is 3. The number of hydrogen-bond donors (Lipinski definition) is 3. The fraction of sp³-hybridized carbons (Fsp3) is 0.250. The van der Waals surface area contributed by atoms with Crippen LogP contribution in [0.1, 0.15) is 34.5 Å². The monoisotopic (exact) mass is 668 g/mol. The first-order valence-corrected chi connectivity index (χ1v) is 16.5. The zero-order valence-corrected chi connectivity index (χ0v) is 26.2. The Morgan fingerprint density at radius 3 is 2.51 bits per heavy atom. The molecular formula is C32H31F3N6O5S. The number of piperidine rings is 1. The molecule has 0 aliphatic carbocycles. The molecule has 1 saturated heterocycles. The average molecular weight is 669 g/mol. The van der Waals surface area contributed by atoms with E-state index >= 15 is 0 Å². The van der Waals surface area contributed by atoms with Crippen LogP contribution in [0.25, 0.3) is 16.6 Å². The van der Waals surface area contributed by atoms with E-state index in [0.717, 1.165) is 6.26 Å². The lowest BCUT2D eigenvalue weighted by molar-refractivity contribution is -0.0493. The van der Waals surface area contributed by atoms with E-state index in [-0.39, 0.29) is 40.3 Å². The normalized spacial score (nSPS) is 14.5. The summed E-state index contributed by atoms with van der Waals surface area (Å²) >= 11 is 0. The number of nitrogen functional groups attached to an aromatic ring is 1. The average Bonchev–Trinajstić information content (AvgIpc) is 3.61. The third kappa shape index (κ3) is 6.76. The first-order chi connectivity index (χ1) is 22.4. The largest absolute Gasteiger partial charge is 0.454 e. The molecule has 2 aromatic heterocycles. The number of aryl methyl sites for hydroxylation is 1. The number of alkyl halides is 2. The second-order valence-electron chi connectivity index (χ2n) is 11.2. The molecule has 6 rings (SSSR count). The van der Waals surface area contributed by atoms with Gasteiger partial charge in [0.15, 0.2) is 11.6 Å². The number of anilines is 2. The maximum absolute atomic E-state index is 14.0. The van der Waals surface area contributed by atoms with Crippen LogP contribution in [0, 0.1) is 12.7 Å². The number of rotatable bonds is 10. The Morgan fingerprint density at radius 1 is 1.09 bits per heavy atom. The van der Waals surface area contributed by atoms with Gasteiger partial charge in [0.1, 0.15) is 17.3 Å². The fourth-order valence-corrected chi connectivity index (χ4v) is 6.47. The molecule has 0 unspecified atom stereocenters. The van der Waals surface area contributed by atoms with Gasteiger partial charge in [-0.15, -0.1) is 0 Å². The van der Waals surface area contributed by atoms with Crippen molar-refractivity contribution < 1.29 is 35.9 Å². The number of carbonyl (C=O) groups is 1. The van der Waals surface area contributed by atoms with Gasteiger partial charge in [0.25, 0.3) is 0 Å². The molecule has 4 N–H and O–H groups in total. The lowest BCUT2D eigenvalue weighted by Gasteiger charge is -2.31. The molecule has 1 aliphatic heterocycles. The smallest absolute Gasteiger partial charge is 0.387 e. The lowest BCUT2D eigenvalue weighted by atomic mass is 10.1. The van der Waals surface area contributed by atoms with E-state index < -0.39 is 28.2 Å². The number of fused-ring (bicyclic) bond motifs is 1. The van der Waals surface area contributed by atoms with Crippen molar-refractivity contribution in [1.82, 2.24) is 19.1 Å². The van der Waals surface area contributed by atoms with E-state index in [9.17, 15) is 26.4 Å². The van der Waals surface area contributed by atoms with Crippen molar-refractivity contribution in [3.63, 3.8) is 0 Å². The number of H-pyrrole nitrogens is 1. The number of carbonyl (C=O) groups excluding carboxylic acids is 1. The predicted octanol–water partition coefficient (Wildman–Crippen LogP) is 5.84. The maximum atomic E-state index is 14.0. The van der Waals surface area contributed by atoms with Gasteiger partial charge in [-0.05, 0) is 73.9 Å². The second kappa shape index (κ2) is 12.6. The summed E-state index contributed by atoms with van der Waals surface area (Å²) in [6.07, 6.45) is 3.43. The molecule has 0 spiro atoms. The van der Waals surface area contributed by atoms with Crippen LogP contribution >= 0.6 is 0 Å². The van der Waals surface area contributed by atoms with Crippen LogP contribution in [0.15, 0.2) is 66.9 Å². The molecule has 246 valence electrons. The number of aromatic amines is 1. The van der Waals surface area contributed by atoms with Crippen molar-refractivity contribution in [1.29, 1.82) is 0 Å². The van der Waals surface area contributed by atoms with Gasteiger partial charge in [-0.25, -0.2) is 21.8 Å². The molecule has 1 aliphatic rings. The molecular weight excluding hydrogens is 637 g/mol. The van der Waals surface area contributed by atoms with E-state index in [1.54, 1.807) is 43.3 Å². The zero-order valence-electron chi connectivity index (χ0n) is 25.3. The molecule has 5 aromatic rings. The summed E-state index contributed by atoms with van der Waals surface area (Å²) in [4.78, 5) is 16.6. The molecule has 3 aromatic carbocycles. The van der Waals surface area contributed by atoms with Crippen LogP contribution in [-0.2, 0) is 10.0 Å². The number of aromatic nitrogens is 3. The van der Waals surface area contributed by atoms with Gasteiger partial charge in [0.05, 0.1) is 35.1 Å². The predicted molar refractivity (Wildman–Crippen MR) is 171 cm³/mol. The van der Waals surface area contributed by atoms with Crippen LogP contribution in [0.3, 0.4) is 0 Å².